The molecular formula is C18H17N2Na2O5P. The van der Waals surface area contributed by atoms with Crippen LogP contribution in [0.25, 0.3) is 10.9 Å². The Morgan fingerprint density at radius 1 is 1.11 bits per heavy atom. The zero-order valence-corrected chi connectivity index (χ0v) is 20.7. The standard InChI is InChI=1S/C18H19N2O5P.2Na/c19-18(21)8-14-11-20(10-13-4-2-1-3-5-13)17-7-6-15(9-16(14)17)25-12-26(22,23)24;;/h1-7,9,11H,8,10,12H2,(H2,19,21)(H2,22,23,24);;/q;2*+1/p-2. The minimum Gasteiger partial charge on any atom is -0.808 e. The molecule has 0 radical (unpaired) electrons. The number of hydrogen-bond donors (Lipinski definition) is 1. The van der Waals surface area contributed by atoms with Crippen LogP contribution in [0.5, 0.6) is 5.75 Å². The van der Waals surface area contributed by atoms with Gasteiger partial charge >= 0.3 is 59.1 Å². The van der Waals surface area contributed by atoms with Crippen molar-refractivity contribution in [1.29, 1.82) is 0 Å². The fourth-order valence-electron chi connectivity index (χ4n) is 2.83. The first-order valence-electron chi connectivity index (χ1n) is 7.90. The molecule has 136 valence electrons. The van der Waals surface area contributed by atoms with E-state index >= 15 is 0 Å². The molecule has 1 heterocycles. The van der Waals surface area contributed by atoms with E-state index in [0.29, 0.717) is 12.1 Å². The number of nitrogens with zero attached hydrogens (tertiary/aromatic N) is 1. The quantitative estimate of drug-likeness (QED) is 0.304. The van der Waals surface area contributed by atoms with Crippen LogP contribution in [0, 0.1) is 0 Å². The Labute approximate surface area is 207 Å². The van der Waals surface area contributed by atoms with Crippen molar-refractivity contribution in [2.45, 2.75) is 13.0 Å². The van der Waals surface area contributed by atoms with E-state index in [1.165, 1.54) is 0 Å². The number of carbonyl (C=O) groups excluding carboxylic acids is 1. The van der Waals surface area contributed by atoms with Crippen molar-refractivity contribution in [1.82, 2.24) is 4.57 Å². The molecule has 0 saturated heterocycles. The van der Waals surface area contributed by atoms with Crippen molar-refractivity contribution in [3.05, 3.63) is 65.9 Å². The van der Waals surface area contributed by atoms with Gasteiger partial charge in [-0.3, -0.25) is 4.79 Å². The average molecular weight is 418 g/mol. The van der Waals surface area contributed by atoms with Crippen LogP contribution in [0.3, 0.4) is 0 Å². The summed E-state index contributed by atoms with van der Waals surface area (Å²) in [6, 6.07) is 14.8. The van der Waals surface area contributed by atoms with Crippen LogP contribution in [0.1, 0.15) is 11.1 Å². The van der Waals surface area contributed by atoms with Gasteiger partial charge in [-0.15, -0.1) is 0 Å². The predicted molar refractivity (Wildman–Crippen MR) is 93.5 cm³/mol. The molecule has 0 aliphatic carbocycles. The van der Waals surface area contributed by atoms with Gasteiger partial charge in [0.15, 0.2) is 0 Å². The van der Waals surface area contributed by atoms with Crippen molar-refractivity contribution >= 4 is 24.4 Å². The molecule has 28 heavy (non-hydrogen) atoms. The maximum absolute atomic E-state index is 11.4. The molecule has 0 aliphatic heterocycles. The van der Waals surface area contributed by atoms with E-state index in [9.17, 15) is 19.1 Å². The van der Waals surface area contributed by atoms with Crippen LogP contribution in [0.4, 0.5) is 0 Å². The molecule has 0 unspecified atom stereocenters. The van der Waals surface area contributed by atoms with Gasteiger partial charge in [-0.05, 0) is 36.9 Å². The number of amides is 1. The number of carbonyl (C=O) groups is 1. The molecular weight excluding hydrogens is 401 g/mol. The number of fused-ring (bicyclic) bond motifs is 1. The second-order valence-corrected chi connectivity index (χ2v) is 7.45. The summed E-state index contributed by atoms with van der Waals surface area (Å²) in [6.07, 6.45) is 0.968. The molecule has 10 heteroatoms. The first kappa shape index (κ1) is 25.4. The molecule has 1 aromatic heterocycles. The maximum atomic E-state index is 11.4. The number of nitrogens with two attached hydrogens (primary N) is 1. The topological polar surface area (TPSA) is 120 Å². The third kappa shape index (κ3) is 7.02. The summed E-state index contributed by atoms with van der Waals surface area (Å²) in [5.41, 5.74) is 7.99. The van der Waals surface area contributed by atoms with Crippen LogP contribution in [0.15, 0.2) is 54.7 Å². The minimum atomic E-state index is -4.77. The molecule has 1 amide bonds. The number of hydrogen-bond acceptors (Lipinski definition) is 5. The Balaban J connectivity index is 0.00000196. The molecule has 3 aromatic rings. The van der Waals surface area contributed by atoms with Crippen molar-refractivity contribution in [2.24, 2.45) is 5.73 Å². The molecule has 0 fully saturated rings. The third-order valence-electron chi connectivity index (χ3n) is 3.88. The fourth-order valence-corrected chi connectivity index (χ4v) is 3.14. The summed E-state index contributed by atoms with van der Waals surface area (Å²) in [5, 5.41) is 0.726. The van der Waals surface area contributed by atoms with Crippen molar-refractivity contribution < 1.29 is 83.0 Å². The van der Waals surface area contributed by atoms with Gasteiger partial charge in [-0.1, -0.05) is 30.3 Å². The Morgan fingerprint density at radius 3 is 2.39 bits per heavy atom. The molecule has 0 atom stereocenters. The van der Waals surface area contributed by atoms with Gasteiger partial charge in [0.05, 0.1) is 6.42 Å². The van der Waals surface area contributed by atoms with Gasteiger partial charge in [-0.25, -0.2) is 0 Å². The maximum Gasteiger partial charge on any atom is 1.00 e. The first-order chi connectivity index (χ1) is 12.3. The van der Waals surface area contributed by atoms with Crippen LogP contribution in [-0.4, -0.2) is 16.8 Å². The molecule has 0 bridgehead atoms. The SMILES string of the molecule is NC(=O)Cc1cn(Cc2ccccc2)c2ccc(OCP(=O)([O-])[O-])cc12.[Na+].[Na+]. The van der Waals surface area contributed by atoms with Crippen molar-refractivity contribution in [3.8, 4) is 5.75 Å². The van der Waals surface area contributed by atoms with Gasteiger partial charge in [0.1, 0.15) is 12.1 Å². The van der Waals surface area contributed by atoms with Crippen LogP contribution >= 0.6 is 7.60 Å². The smallest absolute Gasteiger partial charge is 0.808 e. The fraction of sp³-hybridized carbons (Fsp3) is 0.167. The molecule has 0 saturated carbocycles. The Hall–Kier alpha value is -0.600. The number of rotatable bonds is 7. The zero-order valence-electron chi connectivity index (χ0n) is 15.8. The molecule has 3 rings (SSSR count). The number of primary amides is 1. The van der Waals surface area contributed by atoms with E-state index in [4.69, 9.17) is 10.5 Å². The second kappa shape index (κ2) is 11.0. The van der Waals surface area contributed by atoms with Crippen molar-refractivity contribution in [3.63, 3.8) is 0 Å². The summed E-state index contributed by atoms with van der Waals surface area (Å²) < 4.78 is 17.8. The Morgan fingerprint density at radius 2 is 1.79 bits per heavy atom. The van der Waals surface area contributed by atoms with Crippen LogP contribution in [0.2, 0.25) is 0 Å². The second-order valence-electron chi connectivity index (χ2n) is 5.97. The zero-order chi connectivity index (χ0) is 18.7. The van der Waals surface area contributed by atoms with E-state index in [1.807, 2.05) is 41.1 Å². The molecule has 7 nitrogen and oxygen atoms in total. The summed E-state index contributed by atoms with van der Waals surface area (Å²) in [6.45, 7) is 0.604. The third-order valence-corrected chi connectivity index (χ3v) is 4.33. The Bertz CT molecular complexity index is 988. The summed E-state index contributed by atoms with van der Waals surface area (Å²) in [7, 11) is -4.77. The van der Waals surface area contributed by atoms with Crippen molar-refractivity contribution in [2.75, 3.05) is 6.35 Å². The van der Waals surface area contributed by atoms with Crippen LogP contribution in [-0.2, 0) is 22.3 Å². The Kier molecular flexibility index (Phi) is 9.97. The normalized spacial score (nSPS) is 10.8. The van der Waals surface area contributed by atoms with Gasteiger partial charge in [0.2, 0.25) is 5.91 Å². The van der Waals surface area contributed by atoms with Gasteiger partial charge in [-0.2, -0.15) is 0 Å². The number of benzene rings is 2. The van der Waals surface area contributed by atoms with E-state index in [-0.39, 0.29) is 71.3 Å². The van der Waals surface area contributed by atoms with Gasteiger partial charge in [0, 0.05) is 23.6 Å². The van der Waals surface area contributed by atoms with E-state index in [1.54, 1.807) is 18.2 Å². The summed E-state index contributed by atoms with van der Waals surface area (Å²) in [4.78, 5) is 32.9. The van der Waals surface area contributed by atoms with E-state index in [2.05, 4.69) is 0 Å². The summed E-state index contributed by atoms with van der Waals surface area (Å²) in [5.74, 6) is -0.230. The average Bonchev–Trinajstić information content (AvgIpc) is 2.90. The molecule has 2 aromatic carbocycles. The molecule has 0 aliphatic rings. The first-order valence-corrected chi connectivity index (χ1v) is 9.62. The number of ether oxygens (including phenoxy) is 1. The minimum absolute atomic E-state index is 0. The summed E-state index contributed by atoms with van der Waals surface area (Å²) >= 11 is 0. The largest absolute Gasteiger partial charge is 1.00 e. The van der Waals surface area contributed by atoms with Crippen LogP contribution < -0.4 is 79.4 Å². The number of aromatic nitrogens is 1. The van der Waals surface area contributed by atoms with Gasteiger partial charge < -0.3 is 29.4 Å². The van der Waals surface area contributed by atoms with E-state index < -0.39 is 19.9 Å². The molecule has 0 spiro atoms. The van der Waals surface area contributed by atoms with Gasteiger partial charge in [0.25, 0.3) is 0 Å². The predicted octanol–water partition coefficient (Wildman–Crippen LogP) is -5.02. The monoisotopic (exact) mass is 418 g/mol. The molecule has 2 N–H and O–H groups in total. The van der Waals surface area contributed by atoms with E-state index in [0.717, 1.165) is 16.5 Å².